The molecule has 1 unspecified atom stereocenters. The minimum Gasteiger partial charge on any atom is -0.481 e. The number of nitrogens with zero attached hydrogens (tertiary/aromatic N) is 1. The molecule has 0 saturated carbocycles. The third kappa shape index (κ3) is 6.33. The number of piperidine rings is 1. The lowest BCUT2D eigenvalue weighted by Gasteiger charge is -2.22. The van der Waals surface area contributed by atoms with Gasteiger partial charge < -0.3 is 14.8 Å². The maximum Gasteiger partial charge on any atom is 0.408 e. The highest BCUT2D eigenvalue weighted by Crippen LogP contribution is 2.20. The lowest BCUT2D eigenvalue weighted by Crippen LogP contribution is -2.46. The van der Waals surface area contributed by atoms with Crippen LogP contribution in [0.15, 0.2) is 18.2 Å². The number of ether oxygens (including phenoxy) is 2. The number of nitriles is 1. The van der Waals surface area contributed by atoms with Gasteiger partial charge in [0, 0.05) is 18.4 Å². The van der Waals surface area contributed by atoms with E-state index in [1.54, 1.807) is 32.9 Å². The van der Waals surface area contributed by atoms with Gasteiger partial charge in [0.25, 0.3) is 5.91 Å². The maximum atomic E-state index is 11.8. The molecular weight excluding hydrogens is 362 g/mol. The van der Waals surface area contributed by atoms with Gasteiger partial charge in [-0.3, -0.25) is 14.9 Å². The molecule has 0 radical (unpaired) electrons. The number of rotatable bonds is 3. The smallest absolute Gasteiger partial charge is 0.408 e. The Morgan fingerprint density at radius 3 is 2.71 bits per heavy atom. The summed E-state index contributed by atoms with van der Waals surface area (Å²) in [6.07, 6.45) is -0.876. The van der Waals surface area contributed by atoms with E-state index in [1.807, 2.05) is 6.07 Å². The Labute approximate surface area is 163 Å². The molecule has 1 saturated heterocycles. The van der Waals surface area contributed by atoms with Crippen molar-refractivity contribution in [1.29, 1.82) is 5.26 Å². The second-order valence-electron chi connectivity index (χ2n) is 7.03. The van der Waals surface area contributed by atoms with E-state index in [-0.39, 0.29) is 25.3 Å². The molecule has 0 aromatic heterocycles. The third-order valence-corrected chi connectivity index (χ3v) is 3.52. The average molecular weight is 383 g/mol. The zero-order chi connectivity index (χ0) is 20.7. The standard InChI is InChI=1S/C20H21N3O5/c1-20(2,3)28-19(26)22-10-4-5-13-11-15(7-6-14(13)12-21)27-16-8-9-17(24)23-18(16)25/h6-7,11,16H,8-10H2,1-3H3,(H,22,26)(H,23,24,25). The van der Waals surface area contributed by atoms with Crippen LogP contribution >= 0.6 is 0 Å². The fraction of sp³-hybridized carbons (Fsp3) is 0.400. The number of amides is 3. The van der Waals surface area contributed by atoms with Crippen molar-refractivity contribution in [3.63, 3.8) is 0 Å². The van der Waals surface area contributed by atoms with E-state index < -0.39 is 23.7 Å². The number of hydrogen-bond donors (Lipinski definition) is 2. The van der Waals surface area contributed by atoms with Gasteiger partial charge in [-0.1, -0.05) is 11.8 Å². The highest BCUT2D eigenvalue weighted by Gasteiger charge is 2.28. The topological polar surface area (TPSA) is 118 Å². The van der Waals surface area contributed by atoms with Crippen LogP contribution in [-0.2, 0) is 14.3 Å². The predicted octanol–water partition coefficient (Wildman–Crippen LogP) is 1.62. The molecule has 8 nitrogen and oxygen atoms in total. The molecule has 1 aliphatic rings. The summed E-state index contributed by atoms with van der Waals surface area (Å²) in [6, 6.07) is 6.67. The predicted molar refractivity (Wildman–Crippen MR) is 99.1 cm³/mol. The molecule has 3 amide bonds. The SMILES string of the molecule is CC(C)(C)OC(=O)NCC#Cc1cc(OC2CCC(=O)NC2=O)ccc1C#N. The first-order chi connectivity index (χ1) is 13.2. The van der Waals surface area contributed by atoms with Gasteiger partial charge in [-0.2, -0.15) is 5.26 Å². The summed E-state index contributed by atoms with van der Waals surface area (Å²) >= 11 is 0. The quantitative estimate of drug-likeness (QED) is 0.605. The first-order valence-corrected chi connectivity index (χ1v) is 8.68. The second-order valence-corrected chi connectivity index (χ2v) is 7.03. The molecule has 1 heterocycles. The normalized spacial score (nSPS) is 16.1. The fourth-order valence-corrected chi connectivity index (χ4v) is 2.32. The van der Waals surface area contributed by atoms with Gasteiger partial charge in [-0.25, -0.2) is 4.79 Å². The molecular formula is C20H21N3O5. The molecule has 8 heteroatoms. The Balaban J connectivity index is 2.03. The Morgan fingerprint density at radius 2 is 2.07 bits per heavy atom. The minimum absolute atomic E-state index is 0.0397. The molecule has 1 atom stereocenters. The molecule has 0 aliphatic carbocycles. The molecule has 1 aliphatic heterocycles. The number of alkyl carbamates (subject to hydrolysis) is 1. The Kier molecular flexibility index (Phi) is 6.62. The van der Waals surface area contributed by atoms with E-state index in [1.165, 1.54) is 6.07 Å². The van der Waals surface area contributed by atoms with Gasteiger partial charge in [-0.15, -0.1) is 0 Å². The summed E-state index contributed by atoms with van der Waals surface area (Å²) in [5.41, 5.74) is 0.131. The van der Waals surface area contributed by atoms with Crippen molar-refractivity contribution in [3.05, 3.63) is 29.3 Å². The number of imide groups is 1. The minimum atomic E-state index is -0.778. The van der Waals surface area contributed by atoms with E-state index in [4.69, 9.17) is 9.47 Å². The molecule has 2 N–H and O–H groups in total. The molecule has 1 aromatic rings. The maximum absolute atomic E-state index is 11.8. The van der Waals surface area contributed by atoms with Crippen LogP contribution in [0, 0.1) is 23.2 Å². The fourth-order valence-electron chi connectivity index (χ4n) is 2.32. The zero-order valence-corrected chi connectivity index (χ0v) is 15.9. The van der Waals surface area contributed by atoms with E-state index in [2.05, 4.69) is 22.5 Å². The highest BCUT2D eigenvalue weighted by atomic mass is 16.6. The van der Waals surface area contributed by atoms with Gasteiger partial charge in [0.1, 0.15) is 17.4 Å². The Hall–Kier alpha value is -3.52. The van der Waals surface area contributed by atoms with Gasteiger partial charge in [-0.05, 0) is 39.0 Å². The van der Waals surface area contributed by atoms with Crippen LogP contribution in [0.2, 0.25) is 0 Å². The Morgan fingerprint density at radius 1 is 1.32 bits per heavy atom. The van der Waals surface area contributed by atoms with Crippen LogP contribution in [0.25, 0.3) is 0 Å². The average Bonchev–Trinajstić information content (AvgIpc) is 2.60. The number of benzene rings is 1. The summed E-state index contributed by atoms with van der Waals surface area (Å²) in [7, 11) is 0. The molecule has 28 heavy (non-hydrogen) atoms. The molecule has 0 spiro atoms. The summed E-state index contributed by atoms with van der Waals surface area (Å²) in [5.74, 6) is 5.09. The third-order valence-electron chi connectivity index (χ3n) is 3.52. The molecule has 1 aromatic carbocycles. The molecule has 0 bridgehead atoms. The van der Waals surface area contributed by atoms with Crippen molar-refractivity contribution >= 4 is 17.9 Å². The number of hydrogen-bond acceptors (Lipinski definition) is 6. The molecule has 146 valence electrons. The van der Waals surface area contributed by atoms with E-state index in [0.717, 1.165) is 0 Å². The van der Waals surface area contributed by atoms with Crippen LogP contribution < -0.4 is 15.4 Å². The molecule has 2 rings (SSSR count). The van der Waals surface area contributed by atoms with Crippen molar-refractivity contribution in [2.24, 2.45) is 0 Å². The van der Waals surface area contributed by atoms with Crippen LogP contribution in [0.3, 0.4) is 0 Å². The van der Waals surface area contributed by atoms with Crippen molar-refractivity contribution in [1.82, 2.24) is 10.6 Å². The van der Waals surface area contributed by atoms with Crippen molar-refractivity contribution < 1.29 is 23.9 Å². The van der Waals surface area contributed by atoms with Crippen molar-refractivity contribution in [3.8, 4) is 23.7 Å². The highest BCUT2D eigenvalue weighted by molar-refractivity contribution is 5.99. The van der Waals surface area contributed by atoms with Crippen molar-refractivity contribution in [2.75, 3.05) is 6.54 Å². The number of nitrogens with one attached hydrogen (secondary N) is 2. The van der Waals surface area contributed by atoms with Gasteiger partial charge >= 0.3 is 6.09 Å². The summed E-state index contributed by atoms with van der Waals surface area (Å²) in [5, 5.41) is 13.9. The van der Waals surface area contributed by atoms with Crippen LogP contribution in [-0.4, -0.2) is 36.2 Å². The molecule has 1 fully saturated rings. The van der Waals surface area contributed by atoms with E-state index in [9.17, 15) is 19.6 Å². The summed E-state index contributed by atoms with van der Waals surface area (Å²) < 4.78 is 10.7. The van der Waals surface area contributed by atoms with Gasteiger partial charge in [0.05, 0.1) is 12.1 Å². The summed E-state index contributed by atoms with van der Waals surface area (Å²) in [6.45, 7) is 5.31. The monoisotopic (exact) mass is 383 g/mol. The van der Waals surface area contributed by atoms with E-state index >= 15 is 0 Å². The van der Waals surface area contributed by atoms with Gasteiger partial charge in [0.15, 0.2) is 6.10 Å². The largest absolute Gasteiger partial charge is 0.481 e. The van der Waals surface area contributed by atoms with Crippen LogP contribution in [0.4, 0.5) is 4.79 Å². The first-order valence-electron chi connectivity index (χ1n) is 8.68. The number of carbonyl (C=O) groups excluding carboxylic acids is 3. The number of carbonyl (C=O) groups is 3. The first kappa shape index (κ1) is 20.8. The summed E-state index contributed by atoms with van der Waals surface area (Å²) in [4.78, 5) is 34.6. The van der Waals surface area contributed by atoms with Crippen LogP contribution in [0.5, 0.6) is 5.75 Å². The van der Waals surface area contributed by atoms with Crippen molar-refractivity contribution in [2.45, 2.75) is 45.3 Å². The lowest BCUT2D eigenvalue weighted by atomic mass is 10.1. The zero-order valence-electron chi connectivity index (χ0n) is 15.9. The van der Waals surface area contributed by atoms with E-state index in [0.29, 0.717) is 16.9 Å². The lowest BCUT2D eigenvalue weighted by molar-refractivity contribution is -0.138. The Bertz CT molecular complexity index is 884. The second kappa shape index (κ2) is 8.92. The van der Waals surface area contributed by atoms with Crippen LogP contribution in [0.1, 0.15) is 44.7 Å². The van der Waals surface area contributed by atoms with Gasteiger partial charge in [0.2, 0.25) is 5.91 Å².